The largest absolute Gasteiger partial charge is 0.395 e. The molecule has 0 aliphatic heterocycles. The second-order valence-electron chi connectivity index (χ2n) is 5.82. The summed E-state index contributed by atoms with van der Waals surface area (Å²) >= 11 is 5.13. The summed E-state index contributed by atoms with van der Waals surface area (Å²) in [6.07, 6.45) is 0.577. The van der Waals surface area contributed by atoms with Gasteiger partial charge >= 0.3 is 0 Å². The first kappa shape index (κ1) is 18.2. The minimum Gasteiger partial charge on any atom is -0.395 e. The Morgan fingerprint density at radius 3 is 2.48 bits per heavy atom. The maximum Gasteiger partial charge on any atom is 0.102 e. The van der Waals surface area contributed by atoms with Gasteiger partial charge in [0, 0.05) is 33.6 Å². The quantitative estimate of drug-likeness (QED) is 0.638. The smallest absolute Gasteiger partial charge is 0.102 e. The number of hydrogen-bond acceptors (Lipinski definition) is 4. The van der Waals surface area contributed by atoms with E-state index >= 15 is 0 Å². The first-order valence-corrected chi connectivity index (χ1v) is 9.60. The van der Waals surface area contributed by atoms with Gasteiger partial charge in [-0.2, -0.15) is 5.10 Å². The van der Waals surface area contributed by atoms with Crippen molar-refractivity contribution in [1.29, 1.82) is 0 Å². The van der Waals surface area contributed by atoms with Crippen molar-refractivity contribution >= 4 is 27.7 Å². The van der Waals surface area contributed by atoms with Crippen molar-refractivity contribution in [2.45, 2.75) is 22.4 Å². The van der Waals surface area contributed by atoms with Crippen LogP contribution >= 0.6 is 27.7 Å². The molecule has 3 aromatic rings. The van der Waals surface area contributed by atoms with E-state index in [1.54, 1.807) is 11.8 Å². The van der Waals surface area contributed by atoms with Crippen molar-refractivity contribution in [3.05, 3.63) is 64.6 Å². The van der Waals surface area contributed by atoms with Gasteiger partial charge in [0.05, 0.1) is 12.3 Å². The Kier molecular flexibility index (Phi) is 5.96. The third-order valence-corrected chi connectivity index (χ3v) is 5.60. The molecule has 0 spiro atoms. The summed E-state index contributed by atoms with van der Waals surface area (Å²) in [6.45, 7) is -0.0501. The van der Waals surface area contributed by atoms with E-state index < -0.39 is 0 Å². The Balaban J connectivity index is 2.04. The fourth-order valence-corrected chi connectivity index (χ4v) is 3.87. The molecule has 0 radical (unpaired) electrons. The van der Waals surface area contributed by atoms with Gasteiger partial charge in [0.25, 0.3) is 0 Å². The lowest BCUT2D eigenvalue weighted by molar-refractivity contribution is 0.265. The predicted octanol–water partition coefficient (Wildman–Crippen LogP) is 3.86. The molecular weight excluding hydrogens is 398 g/mol. The number of benzene rings is 2. The molecule has 3 N–H and O–H groups in total. The maximum atomic E-state index is 9.41. The van der Waals surface area contributed by atoms with Gasteiger partial charge in [0.1, 0.15) is 5.03 Å². The summed E-state index contributed by atoms with van der Waals surface area (Å²) in [4.78, 5) is 1.13. The van der Waals surface area contributed by atoms with Gasteiger partial charge in [0.15, 0.2) is 0 Å². The maximum absolute atomic E-state index is 9.41. The zero-order valence-electron chi connectivity index (χ0n) is 13.9. The summed E-state index contributed by atoms with van der Waals surface area (Å²) < 4.78 is 2.95. The van der Waals surface area contributed by atoms with E-state index in [-0.39, 0.29) is 12.6 Å². The molecule has 25 heavy (non-hydrogen) atoms. The van der Waals surface area contributed by atoms with E-state index in [9.17, 15) is 5.11 Å². The molecule has 130 valence electrons. The molecule has 1 unspecified atom stereocenters. The molecule has 1 atom stereocenters. The second kappa shape index (κ2) is 8.19. The van der Waals surface area contributed by atoms with Crippen LogP contribution in [0.15, 0.2) is 69.0 Å². The van der Waals surface area contributed by atoms with Gasteiger partial charge in [-0.05, 0) is 30.7 Å². The summed E-state index contributed by atoms with van der Waals surface area (Å²) in [5.41, 5.74) is 9.09. The molecule has 0 aliphatic rings. The molecule has 0 bridgehead atoms. The first-order chi connectivity index (χ1) is 12.1. The average Bonchev–Trinajstić information content (AvgIpc) is 2.93. The molecule has 3 rings (SSSR count). The van der Waals surface area contributed by atoms with Crippen molar-refractivity contribution < 1.29 is 5.11 Å². The monoisotopic (exact) mass is 417 g/mol. The topological polar surface area (TPSA) is 64.1 Å². The Morgan fingerprint density at radius 2 is 1.84 bits per heavy atom. The number of aromatic nitrogens is 2. The fourth-order valence-electron chi connectivity index (χ4n) is 2.63. The van der Waals surface area contributed by atoms with Gasteiger partial charge in [-0.25, -0.2) is 0 Å². The lowest BCUT2D eigenvalue weighted by Gasteiger charge is -2.11. The summed E-state index contributed by atoms with van der Waals surface area (Å²) in [6, 6.07) is 18.0. The summed E-state index contributed by atoms with van der Waals surface area (Å²) in [5.74, 6) is 0. The van der Waals surface area contributed by atoms with Crippen LogP contribution in [0.3, 0.4) is 0 Å². The van der Waals surface area contributed by atoms with E-state index in [0.29, 0.717) is 6.42 Å². The highest BCUT2D eigenvalue weighted by molar-refractivity contribution is 9.10. The normalized spacial score (nSPS) is 12.3. The average molecular weight is 418 g/mol. The number of aryl methyl sites for hydroxylation is 1. The second-order valence-corrected chi connectivity index (χ2v) is 7.80. The van der Waals surface area contributed by atoms with Gasteiger partial charge < -0.3 is 10.8 Å². The Labute approximate surface area is 160 Å². The molecule has 0 aliphatic carbocycles. The SMILES string of the molecule is Cn1nc(-c2ccccc2)c(CC(N)CO)c1Sc1ccc(Br)cc1. The molecular formula is C19H20BrN3OS. The van der Waals surface area contributed by atoms with Crippen LogP contribution in [0, 0.1) is 0 Å². The van der Waals surface area contributed by atoms with Gasteiger partial charge in [-0.3, -0.25) is 4.68 Å². The Morgan fingerprint density at radius 1 is 1.16 bits per heavy atom. The van der Waals surface area contributed by atoms with Gasteiger partial charge in [-0.1, -0.05) is 58.0 Å². The third-order valence-electron chi connectivity index (χ3n) is 3.86. The van der Waals surface area contributed by atoms with Crippen LogP contribution in [0.4, 0.5) is 0 Å². The summed E-state index contributed by atoms with van der Waals surface area (Å²) in [5, 5.41) is 15.2. The van der Waals surface area contributed by atoms with E-state index in [4.69, 9.17) is 10.8 Å². The van der Waals surface area contributed by atoms with Crippen molar-refractivity contribution in [3.8, 4) is 11.3 Å². The zero-order chi connectivity index (χ0) is 17.8. The highest BCUT2D eigenvalue weighted by atomic mass is 79.9. The number of hydrogen-bond donors (Lipinski definition) is 2. The Hall–Kier alpha value is -1.60. The van der Waals surface area contributed by atoms with E-state index in [1.165, 1.54) is 0 Å². The van der Waals surface area contributed by atoms with Crippen LogP contribution in [0.5, 0.6) is 0 Å². The van der Waals surface area contributed by atoms with Crippen LogP contribution in [-0.2, 0) is 13.5 Å². The summed E-state index contributed by atoms with van der Waals surface area (Å²) in [7, 11) is 1.95. The minimum absolute atomic E-state index is 0.0501. The molecule has 0 amide bonds. The predicted molar refractivity (Wildman–Crippen MR) is 106 cm³/mol. The van der Waals surface area contributed by atoms with Gasteiger partial charge in [0.2, 0.25) is 0 Å². The van der Waals surface area contributed by atoms with Crippen molar-refractivity contribution in [2.24, 2.45) is 12.8 Å². The van der Waals surface area contributed by atoms with Crippen molar-refractivity contribution in [1.82, 2.24) is 9.78 Å². The molecule has 0 fully saturated rings. The first-order valence-electron chi connectivity index (χ1n) is 7.99. The number of nitrogens with zero attached hydrogens (tertiary/aromatic N) is 2. The highest BCUT2D eigenvalue weighted by Crippen LogP contribution is 2.36. The lowest BCUT2D eigenvalue weighted by Crippen LogP contribution is -2.27. The van der Waals surface area contributed by atoms with E-state index in [1.807, 2.05) is 54.2 Å². The zero-order valence-corrected chi connectivity index (χ0v) is 16.3. The van der Waals surface area contributed by atoms with Crippen LogP contribution in [0.1, 0.15) is 5.56 Å². The molecule has 6 heteroatoms. The fraction of sp³-hybridized carbons (Fsp3) is 0.211. The van der Waals surface area contributed by atoms with Crippen LogP contribution < -0.4 is 5.73 Å². The standard InChI is InChI=1S/C19H20BrN3OS/c1-23-19(25-16-9-7-14(20)8-10-16)17(11-15(21)12-24)18(22-23)13-5-3-2-4-6-13/h2-10,15,24H,11-12,21H2,1H3. The third kappa shape index (κ3) is 4.33. The van der Waals surface area contributed by atoms with E-state index in [2.05, 4.69) is 28.1 Å². The van der Waals surface area contributed by atoms with Crippen LogP contribution in [0.2, 0.25) is 0 Å². The number of aliphatic hydroxyl groups excluding tert-OH is 1. The molecule has 0 saturated carbocycles. The number of halogens is 1. The van der Waals surface area contributed by atoms with E-state index in [0.717, 1.165) is 31.2 Å². The molecule has 2 aromatic carbocycles. The number of rotatable bonds is 6. The van der Waals surface area contributed by atoms with Gasteiger partial charge in [-0.15, -0.1) is 0 Å². The van der Waals surface area contributed by atoms with Crippen molar-refractivity contribution in [2.75, 3.05) is 6.61 Å². The molecule has 4 nitrogen and oxygen atoms in total. The number of nitrogens with two attached hydrogens (primary N) is 1. The molecule has 1 heterocycles. The molecule has 0 saturated heterocycles. The number of aliphatic hydroxyl groups is 1. The Bertz CT molecular complexity index is 834. The molecule has 1 aromatic heterocycles. The lowest BCUT2D eigenvalue weighted by atomic mass is 10.0. The van der Waals surface area contributed by atoms with Crippen molar-refractivity contribution in [3.63, 3.8) is 0 Å². The highest BCUT2D eigenvalue weighted by Gasteiger charge is 2.20. The van der Waals surface area contributed by atoms with Crippen LogP contribution in [-0.4, -0.2) is 27.5 Å². The van der Waals surface area contributed by atoms with Crippen LogP contribution in [0.25, 0.3) is 11.3 Å². The minimum atomic E-state index is -0.309.